The molecule has 1 aromatic carbocycles. The summed E-state index contributed by atoms with van der Waals surface area (Å²) in [7, 11) is 0. The van der Waals surface area contributed by atoms with Crippen molar-refractivity contribution < 1.29 is 26.7 Å². The van der Waals surface area contributed by atoms with Gasteiger partial charge in [-0.3, -0.25) is 4.90 Å². The molecule has 0 atom stereocenters. The fourth-order valence-electron chi connectivity index (χ4n) is 2.31. The molecule has 0 amide bonds. The molecule has 1 aliphatic heterocycles. The van der Waals surface area contributed by atoms with Gasteiger partial charge in [0, 0.05) is 13.0 Å². The smallest absolute Gasteiger partial charge is 0.416 e. The van der Waals surface area contributed by atoms with Crippen LogP contribution in [0.2, 0.25) is 0 Å². The summed E-state index contributed by atoms with van der Waals surface area (Å²) in [5.74, 6) is -2.65. The Morgan fingerprint density at radius 3 is 2.64 bits per heavy atom. The number of ether oxygens (including phenoxy) is 1. The first kappa shape index (κ1) is 17.5. The van der Waals surface area contributed by atoms with Crippen LogP contribution in [0.25, 0.3) is 0 Å². The summed E-state index contributed by atoms with van der Waals surface area (Å²) in [5.41, 5.74) is -0.810. The summed E-state index contributed by atoms with van der Waals surface area (Å²) in [6.07, 6.45) is -4.17. The first-order valence-electron chi connectivity index (χ1n) is 6.77. The number of piperidine rings is 1. The van der Waals surface area contributed by atoms with E-state index >= 15 is 0 Å². The van der Waals surface area contributed by atoms with Crippen molar-refractivity contribution in [2.45, 2.75) is 24.9 Å². The fourth-order valence-corrected chi connectivity index (χ4v) is 2.67. The zero-order valence-electron chi connectivity index (χ0n) is 11.6. The predicted octanol–water partition coefficient (Wildman–Crippen LogP) is 4.58. The summed E-state index contributed by atoms with van der Waals surface area (Å²) in [6.45, 7) is 0.511. The third-order valence-electron chi connectivity index (χ3n) is 3.40. The maximum absolute atomic E-state index is 13.2. The third kappa shape index (κ3) is 4.81. The second kappa shape index (κ2) is 6.70. The van der Waals surface area contributed by atoms with E-state index in [1.54, 1.807) is 4.90 Å². The molecule has 1 heterocycles. The molecule has 2 rings (SSSR count). The number of hydrogen-bond acceptors (Lipinski definition) is 2. The van der Waals surface area contributed by atoms with Crippen LogP contribution < -0.4 is 4.74 Å². The third-order valence-corrected chi connectivity index (χ3v) is 4.05. The zero-order chi connectivity index (χ0) is 16.4. The van der Waals surface area contributed by atoms with Gasteiger partial charge in [0.25, 0.3) is 5.92 Å². The Kier molecular flexibility index (Phi) is 5.32. The molecule has 1 aromatic rings. The molecule has 0 aliphatic carbocycles. The van der Waals surface area contributed by atoms with E-state index in [1.165, 1.54) is 6.07 Å². The Morgan fingerprint density at radius 2 is 2.00 bits per heavy atom. The van der Waals surface area contributed by atoms with Crippen molar-refractivity contribution in [1.82, 2.24) is 4.90 Å². The van der Waals surface area contributed by atoms with Crippen LogP contribution >= 0.6 is 15.9 Å². The van der Waals surface area contributed by atoms with Gasteiger partial charge in [-0.05, 0) is 47.1 Å². The highest BCUT2D eigenvalue weighted by Crippen LogP contribution is 2.35. The molecule has 2 nitrogen and oxygen atoms in total. The van der Waals surface area contributed by atoms with Crippen LogP contribution in [0, 0.1) is 0 Å². The minimum atomic E-state index is -4.45. The molecule has 124 valence electrons. The van der Waals surface area contributed by atoms with Crippen LogP contribution in [0.3, 0.4) is 0 Å². The van der Waals surface area contributed by atoms with E-state index in [2.05, 4.69) is 15.9 Å². The van der Waals surface area contributed by atoms with Crippen molar-refractivity contribution in [2.75, 3.05) is 26.2 Å². The number of nitrogens with zero attached hydrogens (tertiary/aromatic N) is 1. The average Bonchev–Trinajstić information content (AvgIpc) is 2.38. The quantitative estimate of drug-likeness (QED) is 0.701. The van der Waals surface area contributed by atoms with Gasteiger partial charge in [0.15, 0.2) is 0 Å². The van der Waals surface area contributed by atoms with Gasteiger partial charge in [0.1, 0.15) is 12.4 Å². The van der Waals surface area contributed by atoms with Crippen LogP contribution in [-0.4, -0.2) is 37.1 Å². The molecular formula is C14H15BrF5NO. The topological polar surface area (TPSA) is 12.5 Å². The molecule has 0 saturated carbocycles. The maximum Gasteiger partial charge on any atom is 0.416 e. The molecule has 1 aliphatic rings. The van der Waals surface area contributed by atoms with Crippen LogP contribution in [-0.2, 0) is 6.18 Å². The number of rotatable bonds is 4. The molecule has 1 saturated heterocycles. The standard InChI is InChI=1S/C14H15BrF5NO/c15-11-3-2-10(14(18,19)20)8-12(11)22-7-6-21-5-1-4-13(16,17)9-21/h2-3,8H,1,4-7,9H2. The molecule has 0 bridgehead atoms. The number of likely N-dealkylation sites (tertiary alicyclic amines) is 1. The summed E-state index contributed by atoms with van der Waals surface area (Å²) in [5, 5.41) is 0. The van der Waals surface area contributed by atoms with Crippen LogP contribution in [0.1, 0.15) is 18.4 Å². The number of benzene rings is 1. The summed E-state index contributed by atoms with van der Waals surface area (Å²) < 4.78 is 70.1. The molecule has 22 heavy (non-hydrogen) atoms. The highest BCUT2D eigenvalue weighted by atomic mass is 79.9. The van der Waals surface area contributed by atoms with Crippen molar-refractivity contribution in [1.29, 1.82) is 0 Å². The Bertz CT molecular complexity index is 520. The minimum Gasteiger partial charge on any atom is -0.491 e. The first-order valence-corrected chi connectivity index (χ1v) is 7.56. The molecule has 0 aromatic heterocycles. The Labute approximate surface area is 133 Å². The van der Waals surface area contributed by atoms with Gasteiger partial charge in [-0.1, -0.05) is 0 Å². The maximum atomic E-state index is 13.2. The normalized spacial score (nSPS) is 19.2. The summed E-state index contributed by atoms with van der Waals surface area (Å²) in [4.78, 5) is 1.56. The number of halogens is 6. The Hall–Kier alpha value is -0.890. The van der Waals surface area contributed by atoms with E-state index in [9.17, 15) is 22.0 Å². The van der Waals surface area contributed by atoms with Gasteiger partial charge in [-0.2, -0.15) is 13.2 Å². The monoisotopic (exact) mass is 387 g/mol. The first-order chi connectivity index (χ1) is 10.2. The van der Waals surface area contributed by atoms with Crippen molar-refractivity contribution >= 4 is 15.9 Å². The van der Waals surface area contributed by atoms with Gasteiger partial charge in [-0.15, -0.1) is 0 Å². The van der Waals surface area contributed by atoms with Crippen LogP contribution in [0.5, 0.6) is 5.75 Å². The van der Waals surface area contributed by atoms with Crippen molar-refractivity contribution in [3.8, 4) is 5.75 Å². The van der Waals surface area contributed by atoms with E-state index < -0.39 is 17.7 Å². The summed E-state index contributed by atoms with van der Waals surface area (Å²) in [6, 6.07) is 3.10. The lowest BCUT2D eigenvalue weighted by atomic mass is 10.1. The van der Waals surface area contributed by atoms with E-state index in [0.717, 1.165) is 12.1 Å². The Balaban J connectivity index is 1.91. The van der Waals surface area contributed by atoms with Crippen LogP contribution in [0.15, 0.2) is 22.7 Å². The molecule has 0 N–H and O–H groups in total. The highest BCUT2D eigenvalue weighted by molar-refractivity contribution is 9.10. The molecular weight excluding hydrogens is 373 g/mol. The fraction of sp³-hybridized carbons (Fsp3) is 0.571. The van der Waals surface area contributed by atoms with Gasteiger partial charge in [-0.25, -0.2) is 8.78 Å². The summed E-state index contributed by atoms with van der Waals surface area (Å²) >= 11 is 3.12. The van der Waals surface area contributed by atoms with Gasteiger partial charge in [0.2, 0.25) is 0 Å². The van der Waals surface area contributed by atoms with E-state index in [1.807, 2.05) is 0 Å². The van der Waals surface area contributed by atoms with Crippen LogP contribution in [0.4, 0.5) is 22.0 Å². The van der Waals surface area contributed by atoms with E-state index in [-0.39, 0.29) is 31.9 Å². The van der Waals surface area contributed by atoms with Crippen molar-refractivity contribution in [3.05, 3.63) is 28.2 Å². The van der Waals surface area contributed by atoms with Crippen molar-refractivity contribution in [2.24, 2.45) is 0 Å². The minimum absolute atomic E-state index is 0.0516. The lowest BCUT2D eigenvalue weighted by Crippen LogP contribution is -2.44. The van der Waals surface area contributed by atoms with Crippen molar-refractivity contribution in [3.63, 3.8) is 0 Å². The SMILES string of the molecule is FC1(F)CCCN(CCOc2cc(C(F)(F)F)ccc2Br)C1. The average molecular weight is 388 g/mol. The Morgan fingerprint density at radius 1 is 1.27 bits per heavy atom. The number of alkyl halides is 5. The van der Waals surface area contributed by atoms with E-state index in [4.69, 9.17) is 4.74 Å². The number of hydrogen-bond donors (Lipinski definition) is 0. The molecule has 1 fully saturated rings. The predicted molar refractivity (Wildman–Crippen MR) is 75.3 cm³/mol. The second-order valence-corrected chi connectivity index (χ2v) is 6.08. The molecule has 8 heteroatoms. The van der Waals surface area contributed by atoms with E-state index in [0.29, 0.717) is 17.4 Å². The molecule has 0 unspecified atom stereocenters. The zero-order valence-corrected chi connectivity index (χ0v) is 13.2. The largest absolute Gasteiger partial charge is 0.491 e. The lowest BCUT2D eigenvalue weighted by molar-refractivity contribution is -0.137. The molecule has 0 spiro atoms. The second-order valence-electron chi connectivity index (χ2n) is 5.23. The molecule has 0 radical (unpaired) electrons. The van der Waals surface area contributed by atoms with Gasteiger partial charge >= 0.3 is 6.18 Å². The lowest BCUT2D eigenvalue weighted by Gasteiger charge is -2.32. The van der Waals surface area contributed by atoms with Gasteiger partial charge < -0.3 is 4.74 Å². The highest BCUT2D eigenvalue weighted by Gasteiger charge is 2.35. The van der Waals surface area contributed by atoms with Gasteiger partial charge in [0.05, 0.1) is 16.6 Å².